The molecule has 1 aromatic rings. The van der Waals surface area contributed by atoms with Gasteiger partial charge in [0.25, 0.3) is 5.69 Å². The molecular formula is C7H4N2O3. The SMILES string of the molecule is N#Cc1c(O)cccc1[N+](=O)[O-]. The van der Waals surface area contributed by atoms with E-state index in [2.05, 4.69) is 0 Å². The lowest BCUT2D eigenvalue weighted by Gasteiger charge is -1.95. The highest BCUT2D eigenvalue weighted by Gasteiger charge is 2.15. The maximum atomic E-state index is 10.3. The molecule has 0 amide bonds. The van der Waals surface area contributed by atoms with E-state index >= 15 is 0 Å². The van der Waals surface area contributed by atoms with Crippen molar-refractivity contribution in [2.75, 3.05) is 0 Å². The van der Waals surface area contributed by atoms with E-state index in [9.17, 15) is 10.1 Å². The van der Waals surface area contributed by atoms with E-state index in [1.54, 1.807) is 6.07 Å². The van der Waals surface area contributed by atoms with Crippen molar-refractivity contribution in [1.82, 2.24) is 0 Å². The summed E-state index contributed by atoms with van der Waals surface area (Å²) >= 11 is 0. The lowest BCUT2D eigenvalue weighted by Crippen LogP contribution is -1.91. The molecule has 0 spiro atoms. The minimum Gasteiger partial charge on any atom is -0.506 e. The molecule has 0 bridgehead atoms. The molecule has 0 aromatic heterocycles. The van der Waals surface area contributed by atoms with Crippen molar-refractivity contribution >= 4 is 5.69 Å². The number of nitro groups is 1. The van der Waals surface area contributed by atoms with Crippen LogP contribution in [0.1, 0.15) is 5.56 Å². The van der Waals surface area contributed by atoms with Gasteiger partial charge < -0.3 is 5.11 Å². The van der Waals surface area contributed by atoms with Crippen LogP contribution in [0.2, 0.25) is 0 Å². The normalized spacial score (nSPS) is 8.92. The number of nitrogens with zero attached hydrogens (tertiary/aromatic N) is 2. The second kappa shape index (κ2) is 2.88. The Morgan fingerprint density at radius 2 is 2.25 bits per heavy atom. The molecule has 0 fully saturated rings. The van der Waals surface area contributed by atoms with Crippen molar-refractivity contribution in [3.05, 3.63) is 33.9 Å². The van der Waals surface area contributed by atoms with E-state index in [1.807, 2.05) is 0 Å². The van der Waals surface area contributed by atoms with Crippen LogP contribution >= 0.6 is 0 Å². The van der Waals surface area contributed by atoms with Crippen LogP contribution in [0.25, 0.3) is 0 Å². The van der Waals surface area contributed by atoms with E-state index in [-0.39, 0.29) is 17.0 Å². The summed E-state index contributed by atoms with van der Waals surface area (Å²) < 4.78 is 0. The number of phenolic OH excluding ortho intramolecular Hbond substituents is 1. The van der Waals surface area contributed by atoms with Crippen LogP contribution in [0.4, 0.5) is 5.69 Å². The van der Waals surface area contributed by atoms with E-state index in [1.165, 1.54) is 12.1 Å². The van der Waals surface area contributed by atoms with Crippen LogP contribution < -0.4 is 0 Å². The topological polar surface area (TPSA) is 87.2 Å². The van der Waals surface area contributed by atoms with Crippen molar-refractivity contribution in [2.24, 2.45) is 0 Å². The van der Waals surface area contributed by atoms with Crippen LogP contribution in [0.15, 0.2) is 18.2 Å². The summed E-state index contributed by atoms with van der Waals surface area (Å²) in [6.45, 7) is 0. The molecule has 1 rings (SSSR count). The Hall–Kier alpha value is -2.09. The number of nitriles is 1. The molecule has 0 aliphatic carbocycles. The number of rotatable bonds is 1. The fraction of sp³-hybridized carbons (Fsp3) is 0. The van der Waals surface area contributed by atoms with Gasteiger partial charge in [0.15, 0.2) is 5.56 Å². The van der Waals surface area contributed by atoms with Crippen LogP contribution in [-0.4, -0.2) is 10.0 Å². The maximum absolute atomic E-state index is 10.3. The average molecular weight is 164 g/mol. The average Bonchev–Trinajstić information content (AvgIpc) is 2.03. The minimum absolute atomic E-state index is 0.303. The van der Waals surface area contributed by atoms with Gasteiger partial charge >= 0.3 is 0 Å². The first-order chi connectivity index (χ1) is 5.66. The molecule has 1 N–H and O–H groups in total. The molecule has 0 radical (unpaired) electrons. The van der Waals surface area contributed by atoms with Gasteiger partial charge in [-0.15, -0.1) is 0 Å². The fourth-order valence-corrected chi connectivity index (χ4v) is 0.795. The second-order valence-corrected chi connectivity index (χ2v) is 2.04. The summed E-state index contributed by atoms with van der Waals surface area (Å²) in [6, 6.07) is 5.26. The Morgan fingerprint density at radius 3 is 2.67 bits per heavy atom. The molecule has 0 saturated carbocycles. The zero-order chi connectivity index (χ0) is 9.14. The highest BCUT2D eigenvalue weighted by Crippen LogP contribution is 2.25. The standard InChI is InChI=1S/C7H4N2O3/c8-4-5-6(9(11)12)2-1-3-7(5)10/h1-3,10H. The van der Waals surface area contributed by atoms with Crippen molar-refractivity contribution in [1.29, 1.82) is 5.26 Å². The molecule has 60 valence electrons. The number of hydrogen-bond donors (Lipinski definition) is 1. The fourth-order valence-electron chi connectivity index (χ4n) is 0.795. The summed E-state index contributed by atoms with van der Waals surface area (Å²) in [4.78, 5) is 9.57. The molecule has 0 saturated heterocycles. The van der Waals surface area contributed by atoms with Gasteiger partial charge in [0.05, 0.1) is 4.92 Å². The van der Waals surface area contributed by atoms with Crippen LogP contribution in [0.3, 0.4) is 0 Å². The largest absolute Gasteiger partial charge is 0.506 e. The predicted octanol–water partition coefficient (Wildman–Crippen LogP) is 1.17. The van der Waals surface area contributed by atoms with Crippen molar-refractivity contribution < 1.29 is 10.0 Å². The van der Waals surface area contributed by atoms with Gasteiger partial charge in [-0.05, 0) is 6.07 Å². The Morgan fingerprint density at radius 1 is 1.58 bits per heavy atom. The number of benzene rings is 1. The third-order valence-electron chi connectivity index (χ3n) is 1.33. The van der Waals surface area contributed by atoms with Crippen molar-refractivity contribution in [3.8, 4) is 11.8 Å². The Kier molecular flexibility index (Phi) is 1.92. The van der Waals surface area contributed by atoms with Gasteiger partial charge in [0.2, 0.25) is 0 Å². The van der Waals surface area contributed by atoms with Gasteiger partial charge in [-0.3, -0.25) is 10.1 Å². The first kappa shape index (κ1) is 8.01. The molecule has 0 atom stereocenters. The molecule has 0 heterocycles. The van der Waals surface area contributed by atoms with Crippen molar-refractivity contribution in [2.45, 2.75) is 0 Å². The monoisotopic (exact) mass is 164 g/mol. The number of phenols is 1. The smallest absolute Gasteiger partial charge is 0.290 e. The van der Waals surface area contributed by atoms with E-state index < -0.39 is 4.92 Å². The van der Waals surface area contributed by atoms with Crippen LogP contribution in [0.5, 0.6) is 5.75 Å². The number of nitro benzene ring substituents is 1. The number of hydrogen-bond acceptors (Lipinski definition) is 4. The molecular weight excluding hydrogens is 160 g/mol. The molecule has 5 nitrogen and oxygen atoms in total. The predicted molar refractivity (Wildman–Crippen MR) is 39.5 cm³/mol. The lowest BCUT2D eigenvalue weighted by molar-refractivity contribution is -0.385. The Bertz CT molecular complexity index is 367. The summed E-state index contributed by atoms with van der Waals surface area (Å²) in [5, 5.41) is 27.7. The minimum atomic E-state index is -0.710. The molecule has 1 aromatic carbocycles. The summed E-state index contributed by atoms with van der Waals surface area (Å²) in [5.41, 5.74) is -0.681. The van der Waals surface area contributed by atoms with Crippen molar-refractivity contribution in [3.63, 3.8) is 0 Å². The highest BCUT2D eigenvalue weighted by atomic mass is 16.6. The molecule has 0 unspecified atom stereocenters. The van der Waals surface area contributed by atoms with E-state index in [0.29, 0.717) is 0 Å². The molecule has 0 aliphatic rings. The molecule has 12 heavy (non-hydrogen) atoms. The van der Waals surface area contributed by atoms with Gasteiger partial charge in [-0.25, -0.2) is 0 Å². The third-order valence-corrected chi connectivity index (χ3v) is 1.33. The van der Waals surface area contributed by atoms with Gasteiger partial charge in [-0.2, -0.15) is 5.26 Å². The summed E-state index contributed by atoms with van der Waals surface area (Å²) in [7, 11) is 0. The molecule has 0 aliphatic heterocycles. The van der Waals surface area contributed by atoms with E-state index in [4.69, 9.17) is 10.4 Å². The summed E-state index contributed by atoms with van der Waals surface area (Å²) in [6.07, 6.45) is 0. The second-order valence-electron chi connectivity index (χ2n) is 2.04. The van der Waals surface area contributed by atoms with Gasteiger partial charge in [0, 0.05) is 6.07 Å². The quantitative estimate of drug-likeness (QED) is 0.498. The van der Waals surface area contributed by atoms with Gasteiger partial charge in [0.1, 0.15) is 11.8 Å². The van der Waals surface area contributed by atoms with Gasteiger partial charge in [-0.1, -0.05) is 6.07 Å². The maximum Gasteiger partial charge on any atom is 0.290 e. The van der Waals surface area contributed by atoms with Crippen LogP contribution in [-0.2, 0) is 0 Å². The Balaban J connectivity index is 3.40. The highest BCUT2D eigenvalue weighted by molar-refractivity contribution is 5.56. The zero-order valence-electron chi connectivity index (χ0n) is 5.89. The summed E-state index contributed by atoms with van der Waals surface area (Å²) in [5.74, 6) is -0.369. The van der Waals surface area contributed by atoms with Crippen LogP contribution in [0, 0.1) is 21.4 Å². The first-order valence-corrected chi connectivity index (χ1v) is 3.03. The third kappa shape index (κ3) is 1.18. The first-order valence-electron chi connectivity index (χ1n) is 3.03. The van der Waals surface area contributed by atoms with E-state index in [0.717, 1.165) is 6.07 Å². The Labute approximate surface area is 67.6 Å². The zero-order valence-corrected chi connectivity index (χ0v) is 5.89. The lowest BCUT2D eigenvalue weighted by atomic mass is 10.2. The number of aromatic hydroxyl groups is 1. The molecule has 5 heteroatoms.